The molecule has 0 atom stereocenters. The Morgan fingerprint density at radius 1 is 0.230 bits per heavy atom. The van der Waals surface area contributed by atoms with E-state index in [9.17, 15) is 0 Å². The molecule has 5 nitrogen and oxygen atoms in total. The van der Waals surface area contributed by atoms with E-state index < -0.39 is 0 Å². The van der Waals surface area contributed by atoms with Crippen LogP contribution in [0.4, 0.5) is 0 Å². The molecule has 0 aliphatic rings. The summed E-state index contributed by atoms with van der Waals surface area (Å²) in [5, 5.41) is 4.51. The van der Waals surface area contributed by atoms with Gasteiger partial charge in [-0.2, -0.15) is 9.97 Å². The highest BCUT2D eigenvalue weighted by Gasteiger charge is 2.24. The molecule has 0 N–H and O–H groups in total. The minimum absolute atomic E-state index is 0.541. The molecule has 0 amide bonds. The fourth-order valence-electron chi connectivity index (χ4n) is 10.9. The molecular formula is C69H45N5. The van der Waals surface area contributed by atoms with Crippen LogP contribution in [0.5, 0.6) is 0 Å². The molecule has 3 heterocycles. The highest BCUT2D eigenvalue weighted by atomic mass is 15.2. The summed E-state index contributed by atoms with van der Waals surface area (Å²) in [6, 6.07) is 97.4. The molecule has 0 aliphatic heterocycles. The Labute approximate surface area is 428 Å². The van der Waals surface area contributed by atoms with Crippen LogP contribution in [0, 0.1) is 0 Å². The maximum Gasteiger partial charge on any atom is 0.238 e. The third kappa shape index (κ3) is 7.46. The quantitative estimate of drug-likeness (QED) is 0.145. The van der Waals surface area contributed by atoms with Crippen LogP contribution in [0.15, 0.2) is 273 Å². The van der Waals surface area contributed by atoms with Crippen LogP contribution in [0.2, 0.25) is 0 Å². The summed E-state index contributed by atoms with van der Waals surface area (Å²) in [4.78, 5) is 16.1. The van der Waals surface area contributed by atoms with E-state index in [2.05, 4.69) is 258 Å². The fourth-order valence-corrected chi connectivity index (χ4v) is 10.9. The van der Waals surface area contributed by atoms with Gasteiger partial charge in [-0.3, -0.25) is 4.57 Å². The van der Waals surface area contributed by atoms with Crippen LogP contribution in [0.3, 0.4) is 0 Å². The van der Waals surface area contributed by atoms with Crippen molar-refractivity contribution in [2.75, 3.05) is 0 Å². The van der Waals surface area contributed by atoms with Crippen molar-refractivity contribution in [1.82, 2.24) is 24.1 Å². The summed E-state index contributed by atoms with van der Waals surface area (Å²) in [7, 11) is 0. The molecule has 0 bridgehead atoms. The van der Waals surface area contributed by atoms with E-state index in [1.165, 1.54) is 22.3 Å². The Balaban J connectivity index is 1.06. The van der Waals surface area contributed by atoms with Crippen LogP contribution in [0.1, 0.15) is 0 Å². The first-order valence-electron chi connectivity index (χ1n) is 25.1. The van der Waals surface area contributed by atoms with Crippen molar-refractivity contribution >= 4 is 43.6 Å². The highest BCUT2D eigenvalue weighted by molar-refractivity contribution is 6.23. The molecule has 0 spiro atoms. The predicted octanol–water partition coefficient (Wildman–Crippen LogP) is 17.7. The lowest BCUT2D eigenvalue weighted by molar-refractivity contribution is 0.953. The zero-order valence-electron chi connectivity index (χ0n) is 40.2. The van der Waals surface area contributed by atoms with Gasteiger partial charge in [-0.25, -0.2) is 4.98 Å². The zero-order valence-corrected chi connectivity index (χ0v) is 40.2. The largest absolute Gasteiger partial charge is 0.307 e. The first kappa shape index (κ1) is 42.9. The lowest BCUT2D eigenvalue weighted by Crippen LogP contribution is -2.07. The van der Waals surface area contributed by atoms with Gasteiger partial charge in [0.05, 0.1) is 22.1 Å². The zero-order chi connectivity index (χ0) is 49.0. The predicted molar refractivity (Wildman–Crippen MR) is 307 cm³/mol. The topological polar surface area (TPSA) is 48.5 Å². The van der Waals surface area contributed by atoms with Crippen molar-refractivity contribution in [3.05, 3.63) is 273 Å². The van der Waals surface area contributed by atoms with E-state index in [0.717, 1.165) is 93.8 Å². The molecule has 0 saturated carbocycles. The first-order chi connectivity index (χ1) is 36.7. The smallest absolute Gasteiger partial charge is 0.238 e. The van der Waals surface area contributed by atoms with Crippen molar-refractivity contribution in [1.29, 1.82) is 0 Å². The molecule has 14 aromatic rings. The number of nitrogens with zero attached hydrogens (tertiary/aromatic N) is 5. The van der Waals surface area contributed by atoms with Gasteiger partial charge in [-0.1, -0.05) is 237 Å². The third-order valence-corrected chi connectivity index (χ3v) is 14.4. The van der Waals surface area contributed by atoms with Crippen LogP contribution in [-0.2, 0) is 0 Å². The van der Waals surface area contributed by atoms with Crippen molar-refractivity contribution in [2.45, 2.75) is 0 Å². The van der Waals surface area contributed by atoms with Gasteiger partial charge >= 0.3 is 0 Å². The maximum atomic E-state index is 5.48. The van der Waals surface area contributed by atoms with Gasteiger partial charge in [0.15, 0.2) is 11.6 Å². The van der Waals surface area contributed by atoms with Gasteiger partial charge in [0.25, 0.3) is 0 Å². The van der Waals surface area contributed by atoms with E-state index in [0.29, 0.717) is 17.6 Å². The molecule has 5 heteroatoms. The van der Waals surface area contributed by atoms with Gasteiger partial charge in [0.1, 0.15) is 0 Å². The molecule has 0 saturated heterocycles. The van der Waals surface area contributed by atoms with Crippen LogP contribution >= 0.6 is 0 Å². The van der Waals surface area contributed by atoms with Gasteiger partial charge in [0, 0.05) is 38.4 Å². The van der Waals surface area contributed by atoms with Crippen LogP contribution in [0.25, 0.3) is 134 Å². The second-order valence-corrected chi connectivity index (χ2v) is 18.8. The molecule has 0 fully saturated rings. The Bertz CT molecular complexity index is 4390. The average Bonchev–Trinajstić information content (AvgIpc) is 4.04. The number of fused-ring (bicyclic) bond motifs is 7. The Morgan fingerprint density at radius 3 is 1.26 bits per heavy atom. The lowest BCUT2D eigenvalue weighted by Gasteiger charge is -2.17. The van der Waals surface area contributed by atoms with Gasteiger partial charge in [0.2, 0.25) is 5.95 Å². The lowest BCUT2D eigenvalue weighted by atomic mass is 9.91. The summed E-state index contributed by atoms with van der Waals surface area (Å²) in [6.45, 7) is 0. The third-order valence-electron chi connectivity index (χ3n) is 14.4. The maximum absolute atomic E-state index is 5.48. The standard InChI is InChI=1S/C69H45N5/c1-5-20-46(21-6-1)48-36-38-49(39-37-48)54-43-55(58-31-14-13-30-57(58)50-24-9-3-10-25-50)45-56(44-54)73-63-34-17-15-32-59(63)61-40-41-62-60-33-16-18-35-64(60)74(66(62)65(61)73)69-71-67(51-26-11-4-12-27-51)70-68(72-69)53-29-19-28-52(42-53)47-22-7-2-8-23-47/h1-45H. The van der Waals surface area contributed by atoms with E-state index in [-0.39, 0.29) is 0 Å². The second kappa shape index (κ2) is 18.0. The number of hydrogen-bond donors (Lipinski definition) is 0. The number of hydrogen-bond acceptors (Lipinski definition) is 3. The van der Waals surface area contributed by atoms with Crippen molar-refractivity contribution in [2.24, 2.45) is 0 Å². The van der Waals surface area contributed by atoms with Gasteiger partial charge in [-0.05, 0) is 92.0 Å². The molecule has 11 aromatic carbocycles. The van der Waals surface area contributed by atoms with Crippen molar-refractivity contribution in [3.63, 3.8) is 0 Å². The Kier molecular flexibility index (Phi) is 10.4. The summed E-state index contributed by atoms with van der Waals surface area (Å²) < 4.78 is 4.75. The van der Waals surface area contributed by atoms with E-state index in [1.807, 2.05) is 24.3 Å². The van der Waals surface area contributed by atoms with E-state index in [1.54, 1.807) is 0 Å². The molecule has 0 radical (unpaired) electrons. The second-order valence-electron chi connectivity index (χ2n) is 18.8. The van der Waals surface area contributed by atoms with E-state index in [4.69, 9.17) is 15.0 Å². The number of para-hydroxylation sites is 2. The van der Waals surface area contributed by atoms with Gasteiger partial charge < -0.3 is 4.57 Å². The molecule has 14 rings (SSSR count). The van der Waals surface area contributed by atoms with E-state index >= 15 is 0 Å². The summed E-state index contributed by atoms with van der Waals surface area (Å²) in [5.41, 5.74) is 18.5. The molecule has 346 valence electrons. The normalized spacial score (nSPS) is 11.5. The number of rotatable bonds is 9. The average molecular weight is 944 g/mol. The Hall–Kier alpha value is -9.97. The summed E-state index contributed by atoms with van der Waals surface area (Å²) >= 11 is 0. The molecule has 74 heavy (non-hydrogen) atoms. The van der Waals surface area contributed by atoms with Crippen LogP contribution in [-0.4, -0.2) is 24.1 Å². The molecule has 3 aromatic heterocycles. The molecule has 0 aliphatic carbocycles. The van der Waals surface area contributed by atoms with Crippen LogP contribution < -0.4 is 0 Å². The SMILES string of the molecule is c1ccc(-c2ccc(-c3cc(-c4ccccc4-c4ccccc4)cc(-n4c5ccccc5c5ccc6c7ccccc7n(-c7nc(-c8ccccc8)nc(-c8cccc(-c9ccccc9)c8)n7)c6c54)c3)cc2)cc1. The van der Waals surface area contributed by atoms with Gasteiger partial charge in [-0.15, -0.1) is 0 Å². The monoisotopic (exact) mass is 943 g/mol. The van der Waals surface area contributed by atoms with Crippen molar-refractivity contribution in [3.8, 4) is 90.0 Å². The number of benzene rings is 11. The highest BCUT2D eigenvalue weighted by Crippen LogP contribution is 2.44. The minimum Gasteiger partial charge on any atom is -0.307 e. The first-order valence-corrected chi connectivity index (χ1v) is 25.1. The molecule has 0 unspecified atom stereocenters. The molecular weight excluding hydrogens is 899 g/mol. The summed E-state index contributed by atoms with van der Waals surface area (Å²) in [5.74, 6) is 1.74. The fraction of sp³-hybridized carbons (Fsp3) is 0. The van der Waals surface area contributed by atoms with Crippen molar-refractivity contribution < 1.29 is 0 Å². The number of aromatic nitrogens is 5. The summed E-state index contributed by atoms with van der Waals surface area (Å²) in [6.07, 6.45) is 0. The minimum atomic E-state index is 0.541. The Morgan fingerprint density at radius 2 is 0.635 bits per heavy atom.